The summed E-state index contributed by atoms with van der Waals surface area (Å²) in [4.78, 5) is 8.83. The van der Waals surface area contributed by atoms with Gasteiger partial charge in [-0.2, -0.15) is 0 Å². The van der Waals surface area contributed by atoms with Gasteiger partial charge in [0, 0.05) is 56.3 Å². The van der Waals surface area contributed by atoms with Gasteiger partial charge in [-0.1, -0.05) is 0 Å². The number of nitrogens with zero attached hydrogens (tertiary/aromatic N) is 3. The first-order valence-electron chi connectivity index (χ1n) is 9.26. The van der Waals surface area contributed by atoms with Crippen LogP contribution in [0.2, 0.25) is 0 Å². The summed E-state index contributed by atoms with van der Waals surface area (Å²) in [7, 11) is 0. The highest BCUT2D eigenvalue weighted by atomic mass is 19.1. The standard InChI is InChI=1S/C20H22F3N3O/c21-15-2-4-20(24-10-15)26-6-5-25-11-14(1-3-18(25)12-26)13-27-19-8-16(22)7-17(23)9-19/h2,4,7-10,14,18H,1,3,5-6,11-13H2/t14-,18-/m0/s1. The Morgan fingerprint density at radius 3 is 2.52 bits per heavy atom. The Morgan fingerprint density at radius 2 is 1.78 bits per heavy atom. The lowest BCUT2D eigenvalue weighted by molar-refractivity contribution is 0.0726. The molecule has 0 bridgehead atoms. The predicted molar refractivity (Wildman–Crippen MR) is 96.3 cm³/mol. The lowest BCUT2D eigenvalue weighted by Gasteiger charge is -2.46. The average molecular weight is 377 g/mol. The molecule has 1 aromatic heterocycles. The SMILES string of the molecule is Fc1ccc(N2CCN3C[C@@H](COc4cc(F)cc(F)c4)CC[C@H]3C2)nc1. The zero-order valence-corrected chi connectivity index (χ0v) is 15.0. The molecule has 2 fully saturated rings. The zero-order chi connectivity index (χ0) is 18.8. The number of halogens is 3. The molecule has 0 N–H and O–H groups in total. The van der Waals surface area contributed by atoms with Crippen molar-refractivity contribution in [2.75, 3.05) is 37.7 Å². The third-order valence-electron chi connectivity index (χ3n) is 5.36. The average Bonchev–Trinajstić information content (AvgIpc) is 2.66. The van der Waals surface area contributed by atoms with E-state index in [-0.39, 0.29) is 11.6 Å². The third-order valence-corrected chi connectivity index (χ3v) is 5.36. The molecule has 0 saturated carbocycles. The summed E-state index contributed by atoms with van der Waals surface area (Å²) in [6, 6.07) is 6.87. The molecule has 0 unspecified atom stereocenters. The molecule has 2 aliphatic rings. The summed E-state index contributed by atoms with van der Waals surface area (Å²) in [6.45, 7) is 4.00. The molecule has 7 heteroatoms. The van der Waals surface area contributed by atoms with Crippen LogP contribution in [-0.2, 0) is 0 Å². The molecule has 0 radical (unpaired) electrons. The molecular weight excluding hydrogens is 355 g/mol. The number of rotatable bonds is 4. The normalized spacial score (nSPS) is 23.1. The van der Waals surface area contributed by atoms with E-state index in [9.17, 15) is 13.2 Å². The number of ether oxygens (including phenoxy) is 1. The van der Waals surface area contributed by atoms with Gasteiger partial charge >= 0.3 is 0 Å². The van der Waals surface area contributed by atoms with Crippen LogP contribution in [0.25, 0.3) is 0 Å². The lowest BCUT2D eigenvalue weighted by atomic mass is 9.91. The quantitative estimate of drug-likeness (QED) is 0.816. The van der Waals surface area contributed by atoms with Crippen molar-refractivity contribution < 1.29 is 17.9 Å². The second-order valence-electron chi connectivity index (χ2n) is 7.29. The van der Waals surface area contributed by atoms with E-state index >= 15 is 0 Å². The molecule has 1 aromatic carbocycles. The number of piperidine rings is 1. The summed E-state index contributed by atoms with van der Waals surface area (Å²) in [6.07, 6.45) is 3.29. The van der Waals surface area contributed by atoms with E-state index in [2.05, 4.69) is 14.8 Å². The minimum Gasteiger partial charge on any atom is -0.493 e. The van der Waals surface area contributed by atoms with Gasteiger partial charge < -0.3 is 9.64 Å². The molecule has 0 aliphatic carbocycles. The van der Waals surface area contributed by atoms with E-state index in [1.807, 2.05) is 0 Å². The van der Waals surface area contributed by atoms with Crippen LogP contribution in [0.3, 0.4) is 0 Å². The number of aromatic nitrogens is 1. The number of hydrogen-bond acceptors (Lipinski definition) is 4. The minimum absolute atomic E-state index is 0.238. The molecule has 0 amide bonds. The first-order chi connectivity index (χ1) is 13.1. The van der Waals surface area contributed by atoms with Crippen molar-refractivity contribution in [3.8, 4) is 5.75 Å². The lowest BCUT2D eigenvalue weighted by Crippen LogP contribution is -2.57. The van der Waals surface area contributed by atoms with Gasteiger partial charge in [0.05, 0.1) is 12.8 Å². The number of anilines is 1. The van der Waals surface area contributed by atoms with Gasteiger partial charge in [0.25, 0.3) is 0 Å². The van der Waals surface area contributed by atoms with Crippen molar-refractivity contribution >= 4 is 5.82 Å². The molecule has 4 rings (SSSR count). The van der Waals surface area contributed by atoms with Crippen molar-refractivity contribution in [1.82, 2.24) is 9.88 Å². The van der Waals surface area contributed by atoms with Crippen LogP contribution in [0.4, 0.5) is 19.0 Å². The van der Waals surface area contributed by atoms with Crippen LogP contribution < -0.4 is 9.64 Å². The topological polar surface area (TPSA) is 28.6 Å². The van der Waals surface area contributed by atoms with Gasteiger partial charge in [0.15, 0.2) is 0 Å². The van der Waals surface area contributed by atoms with E-state index in [1.165, 1.54) is 24.4 Å². The zero-order valence-electron chi connectivity index (χ0n) is 15.0. The number of benzene rings is 1. The maximum atomic E-state index is 13.3. The molecule has 2 aliphatic heterocycles. The Morgan fingerprint density at radius 1 is 0.963 bits per heavy atom. The fourth-order valence-electron chi connectivity index (χ4n) is 3.98. The Balaban J connectivity index is 1.30. The second kappa shape index (κ2) is 7.76. The first-order valence-corrected chi connectivity index (χ1v) is 9.26. The van der Waals surface area contributed by atoms with Crippen LogP contribution in [0.1, 0.15) is 12.8 Å². The van der Waals surface area contributed by atoms with Gasteiger partial charge in [0.1, 0.15) is 29.0 Å². The highest BCUT2D eigenvalue weighted by molar-refractivity contribution is 5.39. The number of piperazine rings is 1. The van der Waals surface area contributed by atoms with E-state index in [0.29, 0.717) is 18.6 Å². The summed E-state index contributed by atoms with van der Waals surface area (Å²) in [5.41, 5.74) is 0. The van der Waals surface area contributed by atoms with Gasteiger partial charge in [-0.15, -0.1) is 0 Å². The maximum absolute atomic E-state index is 13.3. The van der Waals surface area contributed by atoms with Crippen molar-refractivity contribution in [3.63, 3.8) is 0 Å². The number of pyridine rings is 1. The molecule has 2 saturated heterocycles. The van der Waals surface area contributed by atoms with E-state index in [4.69, 9.17) is 4.74 Å². The molecule has 2 aromatic rings. The number of hydrogen-bond donors (Lipinski definition) is 0. The second-order valence-corrected chi connectivity index (χ2v) is 7.29. The molecule has 0 spiro atoms. The van der Waals surface area contributed by atoms with Gasteiger partial charge in [-0.3, -0.25) is 4.90 Å². The van der Waals surface area contributed by atoms with Gasteiger partial charge in [0.2, 0.25) is 0 Å². The van der Waals surface area contributed by atoms with Crippen molar-refractivity contribution in [2.24, 2.45) is 5.92 Å². The molecule has 2 atom stereocenters. The summed E-state index contributed by atoms with van der Waals surface area (Å²) in [5.74, 6) is -0.186. The fraction of sp³-hybridized carbons (Fsp3) is 0.450. The summed E-state index contributed by atoms with van der Waals surface area (Å²) < 4.78 is 45.2. The van der Waals surface area contributed by atoms with Crippen LogP contribution >= 0.6 is 0 Å². The fourth-order valence-corrected chi connectivity index (χ4v) is 3.98. The molecule has 4 nitrogen and oxygen atoms in total. The number of fused-ring (bicyclic) bond motifs is 1. The Hall–Kier alpha value is -2.28. The maximum Gasteiger partial charge on any atom is 0.141 e. The van der Waals surface area contributed by atoms with Crippen LogP contribution in [0.5, 0.6) is 5.75 Å². The van der Waals surface area contributed by atoms with Crippen molar-refractivity contribution in [1.29, 1.82) is 0 Å². The minimum atomic E-state index is -0.626. The van der Waals surface area contributed by atoms with E-state index < -0.39 is 11.6 Å². The molecule has 27 heavy (non-hydrogen) atoms. The monoisotopic (exact) mass is 377 g/mol. The molecule has 144 valence electrons. The van der Waals surface area contributed by atoms with Crippen LogP contribution in [-0.4, -0.2) is 48.7 Å². The smallest absolute Gasteiger partial charge is 0.141 e. The first kappa shape index (κ1) is 18.1. The van der Waals surface area contributed by atoms with Gasteiger partial charge in [-0.25, -0.2) is 18.2 Å². The highest BCUT2D eigenvalue weighted by Crippen LogP contribution is 2.28. The van der Waals surface area contributed by atoms with E-state index in [1.54, 1.807) is 6.07 Å². The summed E-state index contributed by atoms with van der Waals surface area (Å²) in [5, 5.41) is 0. The Kier molecular flexibility index (Phi) is 5.20. The van der Waals surface area contributed by atoms with Crippen LogP contribution in [0.15, 0.2) is 36.5 Å². The van der Waals surface area contributed by atoms with Crippen molar-refractivity contribution in [2.45, 2.75) is 18.9 Å². The highest BCUT2D eigenvalue weighted by Gasteiger charge is 2.33. The largest absolute Gasteiger partial charge is 0.493 e. The summed E-state index contributed by atoms with van der Waals surface area (Å²) >= 11 is 0. The molecule has 3 heterocycles. The third kappa shape index (κ3) is 4.35. The predicted octanol–water partition coefficient (Wildman–Crippen LogP) is 3.48. The van der Waals surface area contributed by atoms with Gasteiger partial charge in [-0.05, 0) is 25.0 Å². The molecular formula is C20H22F3N3O. The Bertz CT molecular complexity index is 766. The van der Waals surface area contributed by atoms with E-state index in [0.717, 1.165) is 50.9 Å². The van der Waals surface area contributed by atoms with Crippen LogP contribution in [0, 0.1) is 23.4 Å². The Labute approximate surface area is 156 Å². The van der Waals surface area contributed by atoms with Crippen molar-refractivity contribution in [3.05, 3.63) is 54.0 Å².